The molecule has 0 heterocycles. The minimum atomic E-state index is -3.73. The number of aryl methyl sites for hydroxylation is 1. The van der Waals surface area contributed by atoms with E-state index in [1.807, 2.05) is 26.0 Å². The summed E-state index contributed by atoms with van der Waals surface area (Å²) in [5.74, 6) is 0.590. The summed E-state index contributed by atoms with van der Waals surface area (Å²) in [5.41, 5.74) is 2.06. The van der Waals surface area contributed by atoms with E-state index in [2.05, 4.69) is 0 Å². The van der Waals surface area contributed by atoms with Gasteiger partial charge in [0.25, 0.3) is 0 Å². The number of rotatable bonds is 8. The Labute approximate surface area is 152 Å². The molecule has 0 aromatic heterocycles. The first kappa shape index (κ1) is 19.7. The maximum atomic E-state index is 11.7. The van der Waals surface area contributed by atoms with Crippen molar-refractivity contribution < 1.29 is 27.4 Å². The van der Waals surface area contributed by atoms with Crippen LogP contribution in [0.3, 0.4) is 0 Å². The zero-order valence-corrected chi connectivity index (χ0v) is 15.4. The molecule has 0 saturated carbocycles. The number of ether oxygens (including phenoxy) is 3. The summed E-state index contributed by atoms with van der Waals surface area (Å²) < 4.78 is 38.2. The molecule has 2 aromatic carbocycles. The summed E-state index contributed by atoms with van der Waals surface area (Å²) in [6, 6.07) is 11.3. The van der Waals surface area contributed by atoms with Gasteiger partial charge in [-0.2, -0.15) is 0 Å². The van der Waals surface area contributed by atoms with Crippen LogP contribution in [-0.2, 0) is 19.6 Å². The normalized spacial score (nSPS) is 11.0. The second-order valence-corrected chi connectivity index (χ2v) is 7.13. The molecule has 26 heavy (non-hydrogen) atoms. The van der Waals surface area contributed by atoms with Crippen LogP contribution in [-0.4, -0.2) is 34.2 Å². The van der Waals surface area contributed by atoms with Crippen molar-refractivity contribution in [3.63, 3.8) is 0 Å². The molecule has 0 saturated heterocycles. The van der Waals surface area contributed by atoms with Crippen molar-refractivity contribution in [1.29, 1.82) is 0 Å². The van der Waals surface area contributed by atoms with Gasteiger partial charge in [-0.25, -0.2) is 18.4 Å². The van der Waals surface area contributed by atoms with E-state index in [0.29, 0.717) is 11.5 Å². The molecule has 0 radical (unpaired) electrons. The molecule has 8 heteroatoms. The Hall–Kier alpha value is -2.58. The Balaban J connectivity index is 1.71. The van der Waals surface area contributed by atoms with Gasteiger partial charge < -0.3 is 14.2 Å². The van der Waals surface area contributed by atoms with Crippen LogP contribution in [0, 0.1) is 13.8 Å². The van der Waals surface area contributed by atoms with E-state index in [9.17, 15) is 13.2 Å². The number of carbonyl (C=O) groups excluding carboxylic acids is 1. The second kappa shape index (κ2) is 8.68. The van der Waals surface area contributed by atoms with Crippen LogP contribution in [0.5, 0.6) is 11.5 Å². The molecule has 0 aliphatic rings. The molecule has 0 spiro atoms. The van der Waals surface area contributed by atoms with Crippen molar-refractivity contribution in [1.82, 2.24) is 0 Å². The molecule has 2 rings (SSSR count). The predicted molar refractivity (Wildman–Crippen MR) is 95.7 cm³/mol. The highest BCUT2D eigenvalue weighted by Crippen LogP contribution is 2.20. The second-order valence-electron chi connectivity index (χ2n) is 5.57. The lowest BCUT2D eigenvalue weighted by Crippen LogP contribution is -2.18. The lowest BCUT2D eigenvalue weighted by Gasteiger charge is -2.11. The minimum absolute atomic E-state index is 0.000122. The molecule has 2 aromatic rings. The number of benzene rings is 2. The monoisotopic (exact) mass is 379 g/mol. The fraction of sp³-hybridized carbons (Fsp3) is 0.278. The predicted octanol–water partition coefficient (Wildman–Crippen LogP) is 1.95. The molecule has 2 N–H and O–H groups in total. The fourth-order valence-electron chi connectivity index (χ4n) is 2.10. The molecular formula is C18H21NO6S. The first-order valence-corrected chi connectivity index (χ1v) is 9.42. The smallest absolute Gasteiger partial charge is 0.344 e. The third kappa shape index (κ3) is 5.75. The van der Waals surface area contributed by atoms with Gasteiger partial charge in [0.05, 0.1) is 4.90 Å². The lowest BCUT2D eigenvalue weighted by atomic mass is 10.1. The third-order valence-electron chi connectivity index (χ3n) is 3.67. The molecule has 0 atom stereocenters. The summed E-state index contributed by atoms with van der Waals surface area (Å²) in [5, 5.41) is 5.01. The Morgan fingerprint density at radius 3 is 2.35 bits per heavy atom. The standard InChI is InChI=1S/C18H21NO6S/c1-13-4-3-5-17(14(13)2)25-12-18(20)24-11-10-23-15-6-8-16(9-7-15)26(19,21)22/h3-9H,10-12H2,1-2H3,(H2,19,21,22). The SMILES string of the molecule is Cc1cccc(OCC(=O)OCCOc2ccc(S(N)(=O)=O)cc2)c1C. The maximum Gasteiger partial charge on any atom is 0.344 e. The summed E-state index contributed by atoms with van der Waals surface area (Å²) >= 11 is 0. The maximum absolute atomic E-state index is 11.7. The fourth-order valence-corrected chi connectivity index (χ4v) is 2.61. The van der Waals surface area contributed by atoms with E-state index in [-0.39, 0.29) is 24.7 Å². The van der Waals surface area contributed by atoms with Gasteiger partial charge in [0.2, 0.25) is 10.0 Å². The number of carbonyl (C=O) groups is 1. The molecule has 140 valence electrons. The van der Waals surface area contributed by atoms with E-state index in [4.69, 9.17) is 19.3 Å². The number of sulfonamides is 1. The Bertz CT molecular complexity index is 862. The summed E-state index contributed by atoms with van der Waals surface area (Å²) in [4.78, 5) is 11.7. The quantitative estimate of drug-likeness (QED) is 0.555. The van der Waals surface area contributed by atoms with Gasteiger partial charge in [0.1, 0.15) is 24.7 Å². The number of hydrogen-bond acceptors (Lipinski definition) is 6. The molecule has 0 fully saturated rings. The Morgan fingerprint density at radius 1 is 1.00 bits per heavy atom. The number of nitrogens with two attached hydrogens (primary N) is 1. The van der Waals surface area contributed by atoms with Gasteiger partial charge in [-0.3, -0.25) is 0 Å². The van der Waals surface area contributed by atoms with Crippen LogP contribution in [0.15, 0.2) is 47.4 Å². The van der Waals surface area contributed by atoms with Crippen molar-refractivity contribution in [2.24, 2.45) is 5.14 Å². The summed E-state index contributed by atoms with van der Waals surface area (Å²) in [7, 11) is -3.73. The molecule has 0 unspecified atom stereocenters. The number of esters is 1. The third-order valence-corrected chi connectivity index (χ3v) is 4.60. The van der Waals surface area contributed by atoms with E-state index in [0.717, 1.165) is 11.1 Å². The highest BCUT2D eigenvalue weighted by Gasteiger charge is 2.08. The molecular weight excluding hydrogens is 358 g/mol. The average molecular weight is 379 g/mol. The molecule has 0 aliphatic heterocycles. The molecule has 0 bridgehead atoms. The average Bonchev–Trinajstić information content (AvgIpc) is 2.59. The zero-order valence-electron chi connectivity index (χ0n) is 14.6. The molecule has 0 amide bonds. The van der Waals surface area contributed by atoms with Gasteiger partial charge in [0.15, 0.2) is 6.61 Å². The van der Waals surface area contributed by atoms with Crippen LogP contribution >= 0.6 is 0 Å². The van der Waals surface area contributed by atoms with E-state index < -0.39 is 16.0 Å². The summed E-state index contributed by atoms with van der Waals surface area (Å²) in [6.45, 7) is 3.88. The highest BCUT2D eigenvalue weighted by atomic mass is 32.2. The van der Waals surface area contributed by atoms with E-state index in [1.165, 1.54) is 24.3 Å². The van der Waals surface area contributed by atoms with Gasteiger partial charge in [-0.1, -0.05) is 12.1 Å². The van der Waals surface area contributed by atoms with Crippen LogP contribution in [0.25, 0.3) is 0 Å². The van der Waals surface area contributed by atoms with Crippen molar-refractivity contribution in [2.45, 2.75) is 18.7 Å². The lowest BCUT2D eigenvalue weighted by molar-refractivity contribution is -0.146. The number of primary sulfonamides is 1. The van der Waals surface area contributed by atoms with Gasteiger partial charge in [-0.05, 0) is 55.3 Å². The molecule has 7 nitrogen and oxygen atoms in total. The van der Waals surface area contributed by atoms with Crippen molar-refractivity contribution in [3.8, 4) is 11.5 Å². The first-order valence-electron chi connectivity index (χ1n) is 7.87. The van der Waals surface area contributed by atoms with Crippen LogP contribution in [0.4, 0.5) is 0 Å². The summed E-state index contributed by atoms with van der Waals surface area (Å²) in [6.07, 6.45) is 0. The van der Waals surface area contributed by atoms with Gasteiger partial charge >= 0.3 is 5.97 Å². The largest absolute Gasteiger partial charge is 0.490 e. The molecule has 0 aliphatic carbocycles. The minimum Gasteiger partial charge on any atom is -0.490 e. The van der Waals surface area contributed by atoms with Crippen molar-refractivity contribution in [2.75, 3.05) is 19.8 Å². The van der Waals surface area contributed by atoms with Gasteiger partial charge in [0, 0.05) is 0 Å². The van der Waals surface area contributed by atoms with Crippen LogP contribution in [0.2, 0.25) is 0 Å². The van der Waals surface area contributed by atoms with Crippen LogP contribution in [0.1, 0.15) is 11.1 Å². The van der Waals surface area contributed by atoms with Crippen molar-refractivity contribution in [3.05, 3.63) is 53.6 Å². The van der Waals surface area contributed by atoms with E-state index in [1.54, 1.807) is 6.07 Å². The van der Waals surface area contributed by atoms with Gasteiger partial charge in [-0.15, -0.1) is 0 Å². The highest BCUT2D eigenvalue weighted by molar-refractivity contribution is 7.89. The topological polar surface area (TPSA) is 105 Å². The zero-order chi connectivity index (χ0) is 19.2. The Morgan fingerprint density at radius 2 is 1.69 bits per heavy atom. The number of hydrogen-bond donors (Lipinski definition) is 1. The first-order chi connectivity index (χ1) is 12.3. The van der Waals surface area contributed by atoms with Crippen LogP contribution < -0.4 is 14.6 Å². The van der Waals surface area contributed by atoms with Crippen molar-refractivity contribution >= 4 is 16.0 Å². The Kier molecular flexibility index (Phi) is 6.59. The van der Waals surface area contributed by atoms with E-state index >= 15 is 0 Å².